The zero-order chi connectivity index (χ0) is 18.8. The topological polar surface area (TPSA) is 46.8 Å². The van der Waals surface area contributed by atoms with Gasteiger partial charge in [0.25, 0.3) is 5.91 Å². The summed E-state index contributed by atoms with van der Waals surface area (Å²) >= 11 is 7.75. The molecule has 142 valence electrons. The molecule has 1 fully saturated rings. The van der Waals surface area contributed by atoms with Crippen LogP contribution in [-0.4, -0.2) is 46.5 Å². The van der Waals surface area contributed by atoms with E-state index in [0.29, 0.717) is 17.3 Å². The van der Waals surface area contributed by atoms with Crippen molar-refractivity contribution in [2.24, 2.45) is 0 Å². The van der Waals surface area contributed by atoms with Crippen molar-refractivity contribution in [2.75, 3.05) is 20.2 Å². The van der Waals surface area contributed by atoms with E-state index in [9.17, 15) is 4.79 Å². The van der Waals surface area contributed by atoms with Crippen LogP contribution in [0.4, 0.5) is 0 Å². The number of nitrogens with zero attached hydrogens (tertiary/aromatic N) is 3. The van der Waals surface area contributed by atoms with E-state index in [1.807, 2.05) is 47.3 Å². The van der Waals surface area contributed by atoms with Crippen molar-refractivity contribution >= 4 is 33.8 Å². The highest BCUT2D eigenvalue weighted by atomic mass is 35.5. The number of hydrogen-bond acceptors (Lipinski definition) is 4. The van der Waals surface area contributed by atoms with Crippen molar-refractivity contribution in [3.8, 4) is 11.3 Å². The number of hydrogen-bond donors (Lipinski definition) is 0. The summed E-state index contributed by atoms with van der Waals surface area (Å²) in [6.07, 6.45) is 6.49. The Bertz CT molecular complexity index is 946. The third-order valence-electron chi connectivity index (χ3n) is 4.99. The smallest absolute Gasteiger partial charge is 0.271 e. The number of thiazole rings is 1. The highest BCUT2D eigenvalue weighted by molar-refractivity contribution is 7.15. The molecule has 7 heteroatoms. The normalized spacial score (nSPS) is 17.3. The second-order valence-corrected chi connectivity index (χ2v) is 8.13. The largest absolute Gasteiger partial charge is 0.378 e. The molecule has 2 aromatic heterocycles. The van der Waals surface area contributed by atoms with E-state index < -0.39 is 0 Å². The first-order valence-electron chi connectivity index (χ1n) is 9.22. The molecule has 1 aromatic carbocycles. The van der Waals surface area contributed by atoms with Gasteiger partial charge in [0.15, 0.2) is 4.96 Å². The van der Waals surface area contributed by atoms with E-state index >= 15 is 0 Å². The van der Waals surface area contributed by atoms with Crippen LogP contribution < -0.4 is 0 Å². The van der Waals surface area contributed by atoms with E-state index in [1.165, 1.54) is 17.8 Å². The molecule has 27 heavy (non-hydrogen) atoms. The van der Waals surface area contributed by atoms with Crippen LogP contribution in [0.1, 0.15) is 36.2 Å². The van der Waals surface area contributed by atoms with Gasteiger partial charge in [-0.05, 0) is 31.7 Å². The Morgan fingerprint density at radius 1 is 1.41 bits per heavy atom. The average molecular weight is 404 g/mol. The lowest BCUT2D eigenvalue weighted by Gasteiger charge is -2.25. The molecular weight excluding hydrogens is 382 g/mol. The predicted molar refractivity (Wildman–Crippen MR) is 109 cm³/mol. The van der Waals surface area contributed by atoms with Gasteiger partial charge in [0.2, 0.25) is 0 Å². The molecule has 0 bridgehead atoms. The first kappa shape index (κ1) is 18.5. The predicted octanol–water partition coefficient (Wildman–Crippen LogP) is 4.75. The Kier molecular flexibility index (Phi) is 5.48. The molecule has 1 aliphatic rings. The summed E-state index contributed by atoms with van der Waals surface area (Å²) in [6, 6.07) is 7.61. The molecule has 1 aliphatic heterocycles. The second kappa shape index (κ2) is 8.00. The minimum absolute atomic E-state index is 0.000156. The lowest BCUT2D eigenvalue weighted by Crippen LogP contribution is -2.32. The number of halogens is 1. The van der Waals surface area contributed by atoms with Gasteiger partial charge in [-0.25, -0.2) is 4.98 Å². The first-order chi connectivity index (χ1) is 13.1. The molecule has 0 radical (unpaired) electrons. The summed E-state index contributed by atoms with van der Waals surface area (Å²) in [5, 5.41) is 2.52. The van der Waals surface area contributed by atoms with Gasteiger partial charge in [-0.3, -0.25) is 9.20 Å². The molecule has 3 heterocycles. The van der Waals surface area contributed by atoms with Crippen LogP contribution in [0.3, 0.4) is 0 Å². The molecule has 0 N–H and O–H groups in total. The van der Waals surface area contributed by atoms with Crippen molar-refractivity contribution < 1.29 is 9.53 Å². The van der Waals surface area contributed by atoms with Gasteiger partial charge >= 0.3 is 0 Å². The van der Waals surface area contributed by atoms with E-state index in [1.54, 1.807) is 4.90 Å². The molecule has 1 saturated heterocycles. The molecule has 1 amide bonds. The zero-order valence-corrected chi connectivity index (χ0v) is 16.8. The number of imidazole rings is 1. The zero-order valence-electron chi connectivity index (χ0n) is 15.2. The Morgan fingerprint density at radius 3 is 3.04 bits per heavy atom. The van der Waals surface area contributed by atoms with Crippen molar-refractivity contribution in [3.63, 3.8) is 0 Å². The fraction of sp³-hybridized carbons (Fsp3) is 0.400. The van der Waals surface area contributed by atoms with Crippen molar-refractivity contribution in [2.45, 2.75) is 31.8 Å². The number of carbonyl (C=O) groups is 1. The lowest BCUT2D eigenvalue weighted by atomic mass is 10.1. The summed E-state index contributed by atoms with van der Waals surface area (Å²) in [6.45, 7) is 1.53. The quantitative estimate of drug-likeness (QED) is 0.617. The Hall–Kier alpha value is -1.89. The number of carbonyl (C=O) groups excluding carboxylic acids is 1. The van der Waals surface area contributed by atoms with Gasteiger partial charge in [0.1, 0.15) is 5.69 Å². The van der Waals surface area contributed by atoms with E-state index in [0.717, 1.165) is 42.1 Å². The van der Waals surface area contributed by atoms with Gasteiger partial charge in [-0.1, -0.05) is 29.8 Å². The van der Waals surface area contributed by atoms with Gasteiger partial charge in [0, 0.05) is 37.3 Å². The van der Waals surface area contributed by atoms with Crippen molar-refractivity contribution in [3.05, 3.63) is 46.6 Å². The van der Waals surface area contributed by atoms with E-state index in [4.69, 9.17) is 16.3 Å². The van der Waals surface area contributed by atoms with Crippen molar-refractivity contribution in [1.82, 2.24) is 14.3 Å². The summed E-state index contributed by atoms with van der Waals surface area (Å²) in [7, 11) is 1.85. The maximum atomic E-state index is 12.9. The molecule has 0 aliphatic carbocycles. The van der Waals surface area contributed by atoms with Gasteiger partial charge < -0.3 is 9.64 Å². The third-order valence-corrected chi connectivity index (χ3v) is 6.15. The fourth-order valence-electron chi connectivity index (χ4n) is 3.41. The maximum Gasteiger partial charge on any atom is 0.271 e. The summed E-state index contributed by atoms with van der Waals surface area (Å²) < 4.78 is 7.63. The molecule has 0 spiro atoms. The number of ether oxygens (including phenoxy) is 1. The second-order valence-electron chi connectivity index (χ2n) is 6.88. The van der Waals surface area contributed by atoms with E-state index in [-0.39, 0.29) is 12.0 Å². The summed E-state index contributed by atoms with van der Waals surface area (Å²) in [4.78, 5) is 20.1. The SMILES string of the molecule is CN(CC[C@@H]1CCCCO1)C(=O)c1csc2nc(-c3ccccc3Cl)cn12. The molecule has 3 aromatic rings. The van der Waals surface area contributed by atoms with Gasteiger partial charge in [0.05, 0.1) is 16.8 Å². The standard InChI is InChI=1S/C20H22ClN3O2S/c1-23(10-9-14-6-4-5-11-26-14)19(25)18-13-27-20-22-17(12-24(18)20)15-7-2-3-8-16(15)21/h2-3,7-8,12-14H,4-6,9-11H2,1H3/t14-/m0/s1. The van der Waals surface area contributed by atoms with Crippen LogP contribution in [0.15, 0.2) is 35.8 Å². The highest BCUT2D eigenvalue weighted by Gasteiger charge is 2.21. The summed E-state index contributed by atoms with van der Waals surface area (Å²) in [5.41, 5.74) is 2.28. The summed E-state index contributed by atoms with van der Waals surface area (Å²) in [5.74, 6) is 0.000156. The Morgan fingerprint density at radius 2 is 2.26 bits per heavy atom. The minimum atomic E-state index is 0.000156. The van der Waals surface area contributed by atoms with Crippen LogP contribution in [0.5, 0.6) is 0 Å². The van der Waals surface area contributed by atoms with Crippen LogP contribution in [-0.2, 0) is 4.74 Å². The minimum Gasteiger partial charge on any atom is -0.378 e. The lowest BCUT2D eigenvalue weighted by molar-refractivity contribution is 0.00705. The van der Waals surface area contributed by atoms with Gasteiger partial charge in [-0.2, -0.15) is 0 Å². The number of rotatable bonds is 5. The maximum absolute atomic E-state index is 12.9. The fourth-order valence-corrected chi connectivity index (χ4v) is 4.49. The molecule has 4 rings (SSSR count). The van der Waals surface area contributed by atoms with Gasteiger partial charge in [-0.15, -0.1) is 11.3 Å². The highest BCUT2D eigenvalue weighted by Crippen LogP contribution is 2.29. The monoisotopic (exact) mass is 403 g/mol. The Balaban J connectivity index is 1.51. The molecule has 5 nitrogen and oxygen atoms in total. The van der Waals surface area contributed by atoms with Crippen LogP contribution in [0, 0.1) is 0 Å². The Labute approximate surface area is 167 Å². The number of fused-ring (bicyclic) bond motifs is 1. The number of benzene rings is 1. The van der Waals surface area contributed by atoms with Crippen LogP contribution in [0.25, 0.3) is 16.2 Å². The van der Waals surface area contributed by atoms with E-state index in [2.05, 4.69) is 4.98 Å². The number of aromatic nitrogens is 2. The molecule has 0 unspecified atom stereocenters. The molecule has 0 saturated carbocycles. The average Bonchev–Trinajstić information content (AvgIpc) is 3.27. The van der Waals surface area contributed by atoms with Crippen LogP contribution in [0.2, 0.25) is 5.02 Å². The van der Waals surface area contributed by atoms with Crippen molar-refractivity contribution in [1.29, 1.82) is 0 Å². The third kappa shape index (κ3) is 3.88. The van der Waals surface area contributed by atoms with Crippen LogP contribution >= 0.6 is 22.9 Å². The molecular formula is C20H22ClN3O2S. The first-order valence-corrected chi connectivity index (χ1v) is 10.5. The molecule has 1 atom stereocenters. The number of amides is 1.